The number of nitrogens with one attached hydrogen (secondary N) is 3. The lowest BCUT2D eigenvalue weighted by Crippen LogP contribution is -2.45. The van der Waals surface area contributed by atoms with Crippen LogP contribution in [0.1, 0.15) is 52.1 Å². The van der Waals surface area contributed by atoms with Crippen molar-refractivity contribution in [3.63, 3.8) is 0 Å². The smallest absolute Gasteiger partial charge is 0.191 e. The summed E-state index contributed by atoms with van der Waals surface area (Å²) in [5, 5.41) is 10.5. The van der Waals surface area contributed by atoms with Crippen LogP contribution in [-0.4, -0.2) is 31.1 Å². The Labute approximate surface area is 164 Å². The lowest BCUT2D eigenvalue weighted by Gasteiger charge is -2.29. The number of aliphatic imine (C=N–C) groups is 1. The minimum absolute atomic E-state index is 0. The number of rotatable bonds is 8. The highest BCUT2D eigenvalue weighted by atomic mass is 127. The average Bonchev–Trinajstić information content (AvgIpc) is 3.35. The molecule has 1 fully saturated rings. The van der Waals surface area contributed by atoms with Gasteiger partial charge >= 0.3 is 0 Å². The molecule has 0 radical (unpaired) electrons. The van der Waals surface area contributed by atoms with Gasteiger partial charge in [0.1, 0.15) is 0 Å². The zero-order chi connectivity index (χ0) is 16.7. The minimum Gasteiger partial charge on any atom is -0.357 e. The monoisotopic (exact) mass is 444 g/mol. The van der Waals surface area contributed by atoms with Crippen LogP contribution in [0.3, 0.4) is 0 Å². The summed E-state index contributed by atoms with van der Waals surface area (Å²) >= 11 is 0. The summed E-state index contributed by atoms with van der Waals surface area (Å²) in [7, 11) is 0. The first-order valence-corrected chi connectivity index (χ1v) is 8.85. The van der Waals surface area contributed by atoms with Crippen LogP contribution >= 0.6 is 24.0 Å². The Morgan fingerprint density at radius 1 is 1.21 bits per heavy atom. The number of benzene rings is 1. The van der Waals surface area contributed by atoms with Crippen LogP contribution in [0.15, 0.2) is 35.3 Å². The van der Waals surface area contributed by atoms with Gasteiger partial charge < -0.3 is 16.0 Å². The third kappa shape index (κ3) is 7.83. The molecular weight excluding hydrogens is 411 g/mol. The first-order valence-electron chi connectivity index (χ1n) is 8.85. The number of nitrogens with zero attached hydrogens (tertiary/aromatic N) is 1. The number of guanidine groups is 1. The van der Waals surface area contributed by atoms with E-state index in [1.54, 1.807) is 0 Å². The van der Waals surface area contributed by atoms with Gasteiger partial charge in [0.05, 0.1) is 6.54 Å². The lowest BCUT2D eigenvalue weighted by molar-refractivity contribution is 0.356. The van der Waals surface area contributed by atoms with Gasteiger partial charge in [-0.25, -0.2) is 0 Å². The second-order valence-electron chi connectivity index (χ2n) is 7.18. The van der Waals surface area contributed by atoms with Crippen molar-refractivity contribution in [1.29, 1.82) is 0 Å². The van der Waals surface area contributed by atoms with Crippen LogP contribution in [-0.2, 0) is 0 Å². The SMILES string of the molecule is CCNC(=NCC(C)(C)NC(C)c1ccccc1)NCC1CC1.I. The second-order valence-corrected chi connectivity index (χ2v) is 7.18. The van der Waals surface area contributed by atoms with Crippen molar-refractivity contribution in [2.24, 2.45) is 10.9 Å². The molecule has 3 N–H and O–H groups in total. The standard InChI is InChI=1S/C19H32N4.HI/c1-5-20-18(21-13-16-11-12-16)22-14-19(3,4)23-15(2)17-9-7-6-8-10-17;/h6-10,15-16,23H,5,11-14H2,1-4H3,(H2,20,21,22);1H. The van der Waals surface area contributed by atoms with Crippen molar-refractivity contribution in [1.82, 2.24) is 16.0 Å². The van der Waals surface area contributed by atoms with Gasteiger partial charge in [-0.15, -0.1) is 24.0 Å². The van der Waals surface area contributed by atoms with Crippen molar-refractivity contribution in [3.05, 3.63) is 35.9 Å². The molecule has 0 aliphatic heterocycles. The van der Waals surface area contributed by atoms with Crippen LogP contribution in [0, 0.1) is 5.92 Å². The first-order chi connectivity index (χ1) is 11.0. The van der Waals surface area contributed by atoms with Crippen LogP contribution in [0.5, 0.6) is 0 Å². The second kappa shape index (κ2) is 10.2. The highest BCUT2D eigenvalue weighted by Crippen LogP contribution is 2.27. The van der Waals surface area contributed by atoms with E-state index in [4.69, 9.17) is 4.99 Å². The van der Waals surface area contributed by atoms with Crippen molar-refractivity contribution in [2.75, 3.05) is 19.6 Å². The van der Waals surface area contributed by atoms with Gasteiger partial charge in [-0.1, -0.05) is 30.3 Å². The van der Waals surface area contributed by atoms with Crippen LogP contribution < -0.4 is 16.0 Å². The summed E-state index contributed by atoms with van der Waals surface area (Å²) in [5.41, 5.74) is 1.25. The predicted octanol–water partition coefficient (Wildman–Crippen LogP) is 3.70. The lowest BCUT2D eigenvalue weighted by atomic mass is 10.0. The molecule has 4 nitrogen and oxygen atoms in total. The third-order valence-electron chi connectivity index (χ3n) is 4.14. The molecule has 1 aliphatic carbocycles. The fraction of sp³-hybridized carbons (Fsp3) is 0.632. The van der Waals surface area contributed by atoms with E-state index in [1.165, 1.54) is 18.4 Å². The molecule has 2 rings (SSSR count). The van der Waals surface area contributed by atoms with Gasteiger partial charge in [0.2, 0.25) is 0 Å². The Morgan fingerprint density at radius 3 is 2.46 bits per heavy atom. The van der Waals surface area contributed by atoms with Crippen molar-refractivity contribution in [3.8, 4) is 0 Å². The van der Waals surface area contributed by atoms with Crippen LogP contribution in [0.2, 0.25) is 0 Å². The maximum Gasteiger partial charge on any atom is 0.191 e. The van der Waals surface area contributed by atoms with Crippen molar-refractivity contribution < 1.29 is 0 Å². The van der Waals surface area contributed by atoms with Gasteiger partial charge in [0.15, 0.2) is 5.96 Å². The maximum absolute atomic E-state index is 4.76. The van der Waals surface area contributed by atoms with Crippen molar-refractivity contribution in [2.45, 2.75) is 52.1 Å². The molecule has 1 aromatic rings. The fourth-order valence-electron chi connectivity index (χ4n) is 2.64. The van der Waals surface area contributed by atoms with Gasteiger partial charge in [-0.3, -0.25) is 4.99 Å². The van der Waals surface area contributed by atoms with E-state index in [-0.39, 0.29) is 29.5 Å². The molecule has 0 heterocycles. The molecule has 1 aromatic carbocycles. The molecule has 0 bridgehead atoms. The zero-order valence-corrected chi connectivity index (χ0v) is 17.8. The molecule has 0 aromatic heterocycles. The average molecular weight is 444 g/mol. The maximum atomic E-state index is 4.76. The van der Waals surface area contributed by atoms with Gasteiger partial charge in [-0.2, -0.15) is 0 Å². The Kier molecular flexibility index (Phi) is 9.05. The van der Waals surface area contributed by atoms with Crippen LogP contribution in [0.4, 0.5) is 0 Å². The topological polar surface area (TPSA) is 48.5 Å². The van der Waals surface area contributed by atoms with E-state index < -0.39 is 0 Å². The molecule has 136 valence electrons. The van der Waals surface area contributed by atoms with Crippen molar-refractivity contribution >= 4 is 29.9 Å². The highest BCUT2D eigenvalue weighted by molar-refractivity contribution is 14.0. The van der Waals surface area contributed by atoms with Crippen LogP contribution in [0.25, 0.3) is 0 Å². The summed E-state index contributed by atoms with van der Waals surface area (Å²) in [4.78, 5) is 4.76. The van der Waals surface area contributed by atoms with Gasteiger partial charge in [-0.05, 0) is 52.0 Å². The molecule has 5 heteroatoms. The molecule has 0 amide bonds. The van der Waals surface area contributed by atoms with E-state index in [0.717, 1.165) is 31.5 Å². The fourth-order valence-corrected chi connectivity index (χ4v) is 2.64. The van der Waals surface area contributed by atoms with Gasteiger partial charge in [0, 0.05) is 24.7 Å². The Balaban J connectivity index is 0.00000288. The molecule has 1 saturated carbocycles. The minimum atomic E-state index is -0.0583. The summed E-state index contributed by atoms with van der Waals surface area (Å²) < 4.78 is 0. The molecule has 0 saturated heterocycles. The Bertz CT molecular complexity index is 497. The third-order valence-corrected chi connectivity index (χ3v) is 4.14. The summed E-state index contributed by atoms with van der Waals surface area (Å²) in [6, 6.07) is 10.9. The molecule has 1 atom stereocenters. The van der Waals surface area contributed by atoms with Gasteiger partial charge in [0.25, 0.3) is 0 Å². The van der Waals surface area contributed by atoms with E-state index in [1.807, 2.05) is 0 Å². The largest absolute Gasteiger partial charge is 0.357 e. The molecule has 0 spiro atoms. The number of halogens is 1. The normalized spacial score (nSPS) is 16.2. The summed E-state index contributed by atoms with van der Waals surface area (Å²) in [5.74, 6) is 1.78. The molecule has 1 unspecified atom stereocenters. The van der Waals surface area contributed by atoms with E-state index >= 15 is 0 Å². The summed E-state index contributed by atoms with van der Waals surface area (Å²) in [6.45, 7) is 11.4. The van der Waals surface area contributed by atoms with E-state index in [9.17, 15) is 0 Å². The van der Waals surface area contributed by atoms with E-state index in [0.29, 0.717) is 6.04 Å². The first kappa shape index (κ1) is 21.2. The Hall–Kier alpha value is -0.820. The zero-order valence-electron chi connectivity index (χ0n) is 15.4. The molecule has 24 heavy (non-hydrogen) atoms. The predicted molar refractivity (Wildman–Crippen MR) is 114 cm³/mol. The number of hydrogen-bond acceptors (Lipinski definition) is 2. The van der Waals surface area contributed by atoms with E-state index in [2.05, 4.69) is 74.0 Å². The Morgan fingerprint density at radius 2 is 1.88 bits per heavy atom. The summed E-state index contributed by atoms with van der Waals surface area (Å²) in [6.07, 6.45) is 2.71. The number of hydrogen-bond donors (Lipinski definition) is 3. The molecular formula is C19H33IN4. The highest BCUT2D eigenvalue weighted by Gasteiger charge is 2.22. The quantitative estimate of drug-likeness (QED) is 0.326. The molecule has 1 aliphatic rings.